The second-order valence-corrected chi connectivity index (χ2v) is 7.34. The molecular formula is C15H24ClN3O3S. The Hall–Kier alpha value is -1.15. The third kappa shape index (κ3) is 5.76. The fraction of sp³-hybridized carbons (Fsp3) is 0.533. The SMILES string of the molecule is CNCCC(=O)N1CCN(S(=O)(=O)Cc2ccccc2)CC1.Cl. The lowest BCUT2D eigenvalue weighted by atomic mass is 10.2. The number of carbonyl (C=O) groups is 1. The van der Waals surface area contributed by atoms with Crippen molar-refractivity contribution in [2.24, 2.45) is 0 Å². The standard InChI is InChI=1S/C15H23N3O3S.ClH/c1-16-8-7-15(19)17-9-11-18(12-10-17)22(20,21)13-14-5-3-2-4-6-14;/h2-6,16H,7-13H2,1H3;1H. The number of nitrogens with one attached hydrogen (secondary N) is 1. The number of rotatable bonds is 6. The minimum atomic E-state index is -3.32. The molecule has 1 amide bonds. The molecule has 1 aromatic rings. The summed E-state index contributed by atoms with van der Waals surface area (Å²) in [6.45, 7) is 2.33. The van der Waals surface area contributed by atoms with E-state index in [1.165, 1.54) is 4.31 Å². The third-order valence-electron chi connectivity index (χ3n) is 3.77. The molecular weight excluding hydrogens is 338 g/mol. The van der Waals surface area contributed by atoms with Gasteiger partial charge in [0, 0.05) is 39.1 Å². The van der Waals surface area contributed by atoms with Gasteiger partial charge in [0.15, 0.2) is 0 Å². The highest BCUT2D eigenvalue weighted by Crippen LogP contribution is 2.14. The summed E-state index contributed by atoms with van der Waals surface area (Å²) < 4.78 is 26.3. The van der Waals surface area contributed by atoms with Gasteiger partial charge in [-0.3, -0.25) is 4.79 Å². The Labute approximate surface area is 144 Å². The Bertz CT molecular complexity index is 587. The zero-order valence-electron chi connectivity index (χ0n) is 13.3. The van der Waals surface area contributed by atoms with Crippen molar-refractivity contribution in [1.82, 2.24) is 14.5 Å². The van der Waals surface area contributed by atoms with Crippen LogP contribution in [0.3, 0.4) is 0 Å². The normalized spacial score (nSPS) is 16.0. The van der Waals surface area contributed by atoms with Crippen molar-refractivity contribution in [2.45, 2.75) is 12.2 Å². The van der Waals surface area contributed by atoms with E-state index in [9.17, 15) is 13.2 Å². The molecule has 8 heteroatoms. The number of benzene rings is 1. The molecule has 0 atom stereocenters. The highest BCUT2D eigenvalue weighted by Gasteiger charge is 2.28. The van der Waals surface area contributed by atoms with Crippen LogP contribution in [0.5, 0.6) is 0 Å². The van der Waals surface area contributed by atoms with Crippen molar-refractivity contribution < 1.29 is 13.2 Å². The van der Waals surface area contributed by atoms with Gasteiger partial charge >= 0.3 is 0 Å². The Balaban J connectivity index is 0.00000264. The van der Waals surface area contributed by atoms with E-state index >= 15 is 0 Å². The summed E-state index contributed by atoms with van der Waals surface area (Å²) in [6, 6.07) is 9.17. The maximum Gasteiger partial charge on any atom is 0.223 e. The number of hydrogen-bond donors (Lipinski definition) is 1. The van der Waals surface area contributed by atoms with Crippen LogP contribution in [0.1, 0.15) is 12.0 Å². The van der Waals surface area contributed by atoms with Gasteiger partial charge in [0.1, 0.15) is 0 Å². The Morgan fingerprint density at radius 1 is 1.13 bits per heavy atom. The summed E-state index contributed by atoms with van der Waals surface area (Å²) in [5, 5.41) is 2.94. The summed E-state index contributed by atoms with van der Waals surface area (Å²) in [6.07, 6.45) is 0.452. The maximum absolute atomic E-state index is 12.4. The molecule has 0 unspecified atom stereocenters. The van der Waals surface area contributed by atoms with E-state index in [-0.39, 0.29) is 24.1 Å². The predicted octanol–water partition coefficient (Wildman–Crippen LogP) is 0.692. The molecule has 0 bridgehead atoms. The number of hydrogen-bond acceptors (Lipinski definition) is 4. The molecule has 0 spiro atoms. The molecule has 0 saturated carbocycles. The van der Waals surface area contributed by atoms with E-state index in [2.05, 4.69) is 5.32 Å². The molecule has 1 aliphatic rings. The van der Waals surface area contributed by atoms with Crippen molar-refractivity contribution in [3.63, 3.8) is 0 Å². The second-order valence-electron chi connectivity index (χ2n) is 5.38. The smallest absolute Gasteiger partial charge is 0.223 e. The number of halogens is 1. The van der Waals surface area contributed by atoms with E-state index < -0.39 is 10.0 Å². The lowest BCUT2D eigenvalue weighted by molar-refractivity contribution is -0.132. The van der Waals surface area contributed by atoms with E-state index in [0.717, 1.165) is 5.56 Å². The zero-order valence-corrected chi connectivity index (χ0v) is 14.9. The van der Waals surface area contributed by atoms with Crippen molar-refractivity contribution in [3.05, 3.63) is 35.9 Å². The van der Waals surface area contributed by atoms with Crippen LogP contribution in [0.4, 0.5) is 0 Å². The lowest BCUT2D eigenvalue weighted by Crippen LogP contribution is -2.51. The van der Waals surface area contributed by atoms with Gasteiger partial charge in [0.25, 0.3) is 0 Å². The van der Waals surface area contributed by atoms with E-state index in [0.29, 0.717) is 39.1 Å². The van der Waals surface area contributed by atoms with Gasteiger partial charge in [0.05, 0.1) is 5.75 Å². The number of piperazine rings is 1. The van der Waals surface area contributed by atoms with Gasteiger partial charge in [-0.2, -0.15) is 4.31 Å². The zero-order chi connectivity index (χ0) is 16.0. The van der Waals surface area contributed by atoms with Crippen LogP contribution in [0.25, 0.3) is 0 Å². The number of nitrogens with zero attached hydrogens (tertiary/aromatic N) is 2. The van der Waals surface area contributed by atoms with Gasteiger partial charge in [-0.05, 0) is 12.6 Å². The number of amides is 1. The van der Waals surface area contributed by atoms with E-state index in [4.69, 9.17) is 0 Å². The van der Waals surface area contributed by atoms with E-state index in [1.807, 2.05) is 30.3 Å². The number of sulfonamides is 1. The van der Waals surface area contributed by atoms with Crippen molar-refractivity contribution in [3.8, 4) is 0 Å². The van der Waals surface area contributed by atoms with Crippen molar-refractivity contribution in [1.29, 1.82) is 0 Å². The van der Waals surface area contributed by atoms with Gasteiger partial charge < -0.3 is 10.2 Å². The van der Waals surface area contributed by atoms with Crippen LogP contribution < -0.4 is 5.32 Å². The first kappa shape index (κ1) is 19.9. The van der Waals surface area contributed by atoms with Crippen LogP contribution >= 0.6 is 12.4 Å². The second kappa shape index (κ2) is 9.22. The third-order valence-corrected chi connectivity index (χ3v) is 5.62. The molecule has 0 aliphatic carbocycles. The maximum atomic E-state index is 12.4. The number of carbonyl (C=O) groups excluding carboxylic acids is 1. The Morgan fingerprint density at radius 2 is 1.74 bits per heavy atom. The molecule has 1 aliphatic heterocycles. The van der Waals surface area contributed by atoms with Crippen molar-refractivity contribution in [2.75, 3.05) is 39.8 Å². The van der Waals surface area contributed by atoms with Crippen molar-refractivity contribution >= 4 is 28.3 Å². The average Bonchev–Trinajstić information content (AvgIpc) is 2.53. The van der Waals surface area contributed by atoms with Gasteiger partial charge in [-0.1, -0.05) is 30.3 Å². The monoisotopic (exact) mass is 361 g/mol. The molecule has 1 heterocycles. The van der Waals surface area contributed by atoms with Crippen LogP contribution in [-0.2, 0) is 20.6 Å². The summed E-state index contributed by atoms with van der Waals surface area (Å²) >= 11 is 0. The minimum absolute atomic E-state index is 0. The van der Waals surface area contributed by atoms with Crippen LogP contribution in [-0.4, -0.2) is 63.3 Å². The molecule has 1 aromatic carbocycles. The highest BCUT2D eigenvalue weighted by atomic mass is 35.5. The molecule has 2 rings (SSSR count). The summed E-state index contributed by atoms with van der Waals surface area (Å²) in [7, 11) is -1.51. The van der Waals surface area contributed by atoms with Gasteiger partial charge in [-0.15, -0.1) is 12.4 Å². The molecule has 0 radical (unpaired) electrons. The first-order chi connectivity index (χ1) is 10.5. The van der Waals surface area contributed by atoms with Crippen LogP contribution in [0.2, 0.25) is 0 Å². The van der Waals surface area contributed by atoms with Gasteiger partial charge in [-0.25, -0.2) is 8.42 Å². The Morgan fingerprint density at radius 3 is 2.30 bits per heavy atom. The summed E-state index contributed by atoms with van der Waals surface area (Å²) in [5.74, 6) is 0.0936. The first-order valence-electron chi connectivity index (χ1n) is 7.47. The molecule has 130 valence electrons. The van der Waals surface area contributed by atoms with E-state index in [1.54, 1.807) is 11.9 Å². The topological polar surface area (TPSA) is 69.7 Å². The summed E-state index contributed by atoms with van der Waals surface area (Å²) in [5.41, 5.74) is 0.787. The van der Waals surface area contributed by atoms with Crippen LogP contribution in [0.15, 0.2) is 30.3 Å². The predicted molar refractivity (Wildman–Crippen MR) is 93.0 cm³/mol. The molecule has 1 fully saturated rings. The molecule has 23 heavy (non-hydrogen) atoms. The molecule has 1 saturated heterocycles. The van der Waals surface area contributed by atoms with Gasteiger partial charge in [0.2, 0.25) is 15.9 Å². The Kier molecular flexibility index (Phi) is 7.98. The minimum Gasteiger partial charge on any atom is -0.340 e. The molecule has 0 aromatic heterocycles. The largest absolute Gasteiger partial charge is 0.340 e. The quantitative estimate of drug-likeness (QED) is 0.809. The molecule has 1 N–H and O–H groups in total. The average molecular weight is 362 g/mol. The molecule has 6 nitrogen and oxygen atoms in total. The first-order valence-corrected chi connectivity index (χ1v) is 9.08. The van der Waals surface area contributed by atoms with Crippen LogP contribution in [0, 0.1) is 0 Å². The fourth-order valence-corrected chi connectivity index (χ4v) is 4.00. The summed E-state index contributed by atoms with van der Waals surface area (Å²) in [4.78, 5) is 13.7. The highest BCUT2D eigenvalue weighted by molar-refractivity contribution is 7.88. The lowest BCUT2D eigenvalue weighted by Gasteiger charge is -2.34. The fourth-order valence-electron chi connectivity index (χ4n) is 2.48.